The molecule has 4 nitrogen and oxygen atoms in total. The Kier molecular flexibility index (Phi) is 3.90. The van der Waals surface area contributed by atoms with Crippen LogP contribution in [0.25, 0.3) is 0 Å². The molecule has 0 bridgehead atoms. The second-order valence-electron chi connectivity index (χ2n) is 3.23. The van der Waals surface area contributed by atoms with Crippen molar-refractivity contribution < 1.29 is 4.79 Å². The lowest BCUT2D eigenvalue weighted by Crippen LogP contribution is -2.12. The van der Waals surface area contributed by atoms with E-state index in [4.69, 9.17) is 0 Å². The number of hydrogen-bond acceptors (Lipinski definition) is 4. The van der Waals surface area contributed by atoms with Crippen LogP contribution in [0, 0.1) is 6.92 Å². The predicted octanol–water partition coefficient (Wildman–Crippen LogP) is 3.62. The fourth-order valence-corrected chi connectivity index (χ4v) is 2.98. The third kappa shape index (κ3) is 3.11. The maximum atomic E-state index is 11.9. The van der Waals surface area contributed by atoms with Crippen LogP contribution in [0.15, 0.2) is 27.1 Å². The van der Waals surface area contributed by atoms with Gasteiger partial charge in [-0.05, 0) is 41.1 Å². The molecule has 0 spiro atoms. The van der Waals surface area contributed by atoms with Crippen LogP contribution < -0.4 is 5.32 Å². The zero-order valence-corrected chi connectivity index (χ0v) is 12.7. The molecule has 1 amide bonds. The number of carbonyl (C=O) groups is 1. The van der Waals surface area contributed by atoms with Crippen molar-refractivity contribution in [2.45, 2.75) is 6.92 Å². The molecular formula is C10H7Br2N3OS. The van der Waals surface area contributed by atoms with Crippen LogP contribution in [-0.4, -0.2) is 15.3 Å². The van der Waals surface area contributed by atoms with Crippen LogP contribution in [0.2, 0.25) is 0 Å². The third-order valence-electron chi connectivity index (χ3n) is 1.92. The highest BCUT2D eigenvalue weighted by Crippen LogP contribution is 2.23. The average molecular weight is 377 g/mol. The maximum Gasteiger partial charge on any atom is 0.258 e. The first-order valence-electron chi connectivity index (χ1n) is 4.63. The van der Waals surface area contributed by atoms with Gasteiger partial charge in [-0.25, -0.2) is 4.98 Å². The van der Waals surface area contributed by atoms with Crippen LogP contribution in [0.5, 0.6) is 0 Å². The normalized spacial score (nSPS) is 10.3. The van der Waals surface area contributed by atoms with Crippen molar-refractivity contribution in [3.05, 3.63) is 38.5 Å². The van der Waals surface area contributed by atoms with Crippen LogP contribution in [0.4, 0.5) is 5.13 Å². The molecule has 0 aliphatic carbocycles. The number of benzene rings is 1. The van der Waals surface area contributed by atoms with Gasteiger partial charge in [0.05, 0.1) is 5.56 Å². The summed E-state index contributed by atoms with van der Waals surface area (Å²) in [6.07, 6.45) is 0. The molecule has 2 aromatic rings. The Morgan fingerprint density at radius 2 is 2.18 bits per heavy atom. The Morgan fingerprint density at radius 3 is 2.76 bits per heavy atom. The zero-order chi connectivity index (χ0) is 12.4. The summed E-state index contributed by atoms with van der Waals surface area (Å²) in [5.74, 6) is 0.445. The van der Waals surface area contributed by atoms with E-state index >= 15 is 0 Å². The first-order valence-corrected chi connectivity index (χ1v) is 6.99. The molecule has 0 aliphatic heterocycles. The minimum absolute atomic E-state index is 0.208. The van der Waals surface area contributed by atoms with Crippen LogP contribution in [0.3, 0.4) is 0 Å². The molecule has 17 heavy (non-hydrogen) atoms. The number of aryl methyl sites for hydroxylation is 1. The van der Waals surface area contributed by atoms with Crippen molar-refractivity contribution in [2.24, 2.45) is 0 Å². The van der Waals surface area contributed by atoms with E-state index in [2.05, 4.69) is 46.5 Å². The molecule has 0 aliphatic rings. The summed E-state index contributed by atoms with van der Waals surface area (Å²) in [5.41, 5.74) is 0.557. The van der Waals surface area contributed by atoms with Crippen molar-refractivity contribution >= 4 is 54.4 Å². The second-order valence-corrected chi connectivity index (χ2v) is 5.75. The minimum Gasteiger partial charge on any atom is -0.297 e. The molecular weight excluding hydrogens is 370 g/mol. The van der Waals surface area contributed by atoms with E-state index < -0.39 is 0 Å². The zero-order valence-electron chi connectivity index (χ0n) is 8.70. The number of aromatic nitrogens is 2. The molecule has 0 fully saturated rings. The number of amides is 1. The Labute approximate surface area is 119 Å². The highest BCUT2D eigenvalue weighted by atomic mass is 79.9. The Morgan fingerprint density at radius 1 is 1.41 bits per heavy atom. The number of halogens is 2. The van der Waals surface area contributed by atoms with Gasteiger partial charge in [0.15, 0.2) is 0 Å². The summed E-state index contributed by atoms with van der Waals surface area (Å²) in [6, 6.07) is 5.36. The van der Waals surface area contributed by atoms with E-state index in [9.17, 15) is 4.79 Å². The van der Waals surface area contributed by atoms with Gasteiger partial charge in [-0.2, -0.15) is 4.37 Å². The summed E-state index contributed by atoms with van der Waals surface area (Å²) >= 11 is 7.84. The van der Waals surface area contributed by atoms with Crippen molar-refractivity contribution in [2.75, 3.05) is 5.32 Å². The van der Waals surface area contributed by atoms with E-state index in [-0.39, 0.29) is 5.91 Å². The second kappa shape index (κ2) is 5.24. The summed E-state index contributed by atoms with van der Waals surface area (Å²) < 4.78 is 5.63. The van der Waals surface area contributed by atoms with Crippen molar-refractivity contribution in [3.63, 3.8) is 0 Å². The van der Waals surface area contributed by atoms with Gasteiger partial charge in [-0.3, -0.25) is 10.1 Å². The van der Waals surface area contributed by atoms with Crippen LogP contribution in [-0.2, 0) is 0 Å². The summed E-state index contributed by atoms with van der Waals surface area (Å²) in [5, 5.41) is 3.20. The summed E-state index contributed by atoms with van der Waals surface area (Å²) in [6.45, 7) is 1.78. The standard InChI is InChI=1S/C10H7Br2N3OS/c1-5-13-10(17-15-5)14-9(16)7-3-2-6(11)4-8(7)12/h2-4H,1H3,(H,13,14,15,16). The van der Waals surface area contributed by atoms with E-state index in [1.165, 1.54) is 0 Å². The molecule has 1 heterocycles. The van der Waals surface area contributed by atoms with Gasteiger partial charge in [0, 0.05) is 20.5 Å². The molecule has 7 heteroatoms. The number of anilines is 1. The summed E-state index contributed by atoms with van der Waals surface area (Å²) in [4.78, 5) is 16.0. The van der Waals surface area contributed by atoms with Crippen molar-refractivity contribution in [3.8, 4) is 0 Å². The fraction of sp³-hybridized carbons (Fsp3) is 0.100. The van der Waals surface area contributed by atoms with E-state index in [1.807, 2.05) is 12.1 Å². The predicted molar refractivity (Wildman–Crippen MR) is 74.4 cm³/mol. The van der Waals surface area contributed by atoms with Gasteiger partial charge in [0.25, 0.3) is 5.91 Å². The monoisotopic (exact) mass is 375 g/mol. The third-order valence-corrected chi connectivity index (χ3v) is 3.79. The Hall–Kier alpha value is -0.790. The lowest BCUT2D eigenvalue weighted by Gasteiger charge is -2.04. The molecule has 0 atom stereocenters. The molecule has 88 valence electrons. The smallest absolute Gasteiger partial charge is 0.258 e. The van der Waals surface area contributed by atoms with Gasteiger partial charge in [0.2, 0.25) is 5.13 Å². The van der Waals surface area contributed by atoms with Gasteiger partial charge >= 0.3 is 0 Å². The van der Waals surface area contributed by atoms with E-state index in [0.717, 1.165) is 20.5 Å². The SMILES string of the molecule is Cc1nsc(NC(=O)c2ccc(Br)cc2Br)n1. The fourth-order valence-electron chi connectivity index (χ4n) is 1.19. The highest BCUT2D eigenvalue weighted by Gasteiger charge is 2.12. The van der Waals surface area contributed by atoms with Crippen LogP contribution in [0.1, 0.15) is 16.2 Å². The quantitative estimate of drug-likeness (QED) is 0.870. The van der Waals surface area contributed by atoms with Gasteiger partial charge in [0.1, 0.15) is 5.82 Å². The van der Waals surface area contributed by atoms with Crippen LogP contribution >= 0.6 is 43.4 Å². The van der Waals surface area contributed by atoms with E-state index in [1.54, 1.807) is 13.0 Å². The number of nitrogens with zero attached hydrogens (tertiary/aromatic N) is 2. The molecule has 1 aromatic heterocycles. The van der Waals surface area contributed by atoms with Crippen molar-refractivity contribution in [1.29, 1.82) is 0 Å². The van der Waals surface area contributed by atoms with E-state index in [0.29, 0.717) is 16.5 Å². The molecule has 1 N–H and O–H groups in total. The molecule has 2 rings (SSSR count). The number of carbonyl (C=O) groups excluding carboxylic acids is 1. The van der Waals surface area contributed by atoms with Gasteiger partial charge < -0.3 is 0 Å². The number of hydrogen-bond donors (Lipinski definition) is 1. The average Bonchev–Trinajstić information content (AvgIpc) is 2.63. The van der Waals surface area contributed by atoms with Crippen molar-refractivity contribution in [1.82, 2.24) is 9.36 Å². The molecule has 1 aromatic carbocycles. The maximum absolute atomic E-state index is 11.9. The topological polar surface area (TPSA) is 54.9 Å². The largest absolute Gasteiger partial charge is 0.297 e. The first kappa shape index (κ1) is 12.7. The van der Waals surface area contributed by atoms with Gasteiger partial charge in [-0.15, -0.1) is 0 Å². The number of nitrogens with one attached hydrogen (secondary N) is 1. The Bertz CT molecular complexity index is 570. The first-order chi connectivity index (χ1) is 8.06. The molecule has 0 saturated heterocycles. The lowest BCUT2D eigenvalue weighted by atomic mass is 10.2. The molecule has 0 saturated carbocycles. The lowest BCUT2D eigenvalue weighted by molar-refractivity contribution is 0.102. The molecule has 0 unspecified atom stereocenters. The molecule has 0 radical (unpaired) electrons. The number of rotatable bonds is 2. The highest BCUT2D eigenvalue weighted by molar-refractivity contribution is 9.11. The van der Waals surface area contributed by atoms with Gasteiger partial charge in [-0.1, -0.05) is 15.9 Å². The Balaban J connectivity index is 2.20. The summed E-state index contributed by atoms with van der Waals surface area (Å²) in [7, 11) is 0. The minimum atomic E-state index is -0.208.